The van der Waals surface area contributed by atoms with Crippen LogP contribution in [0.15, 0.2) is 29.4 Å². The third-order valence-electron chi connectivity index (χ3n) is 4.06. The quantitative estimate of drug-likeness (QED) is 0.778. The molecule has 6 nitrogen and oxygen atoms in total. The lowest BCUT2D eigenvalue weighted by Gasteiger charge is -2.23. The minimum absolute atomic E-state index is 0.160. The van der Waals surface area contributed by atoms with E-state index in [1.807, 2.05) is 24.0 Å². The highest BCUT2D eigenvalue weighted by Gasteiger charge is 2.24. The maximum absolute atomic E-state index is 12.7. The van der Waals surface area contributed by atoms with Crippen molar-refractivity contribution in [2.45, 2.75) is 43.0 Å². The molecule has 24 heavy (non-hydrogen) atoms. The molecule has 1 aromatic carbocycles. The minimum atomic E-state index is -0.222. The van der Waals surface area contributed by atoms with Crippen LogP contribution in [-0.2, 0) is 4.79 Å². The third-order valence-corrected chi connectivity index (χ3v) is 5.33. The van der Waals surface area contributed by atoms with Crippen LogP contribution in [0.3, 0.4) is 0 Å². The molecule has 0 spiro atoms. The predicted octanol–water partition coefficient (Wildman–Crippen LogP) is 3.20. The first-order chi connectivity index (χ1) is 11.6. The van der Waals surface area contributed by atoms with E-state index in [9.17, 15) is 4.79 Å². The van der Waals surface area contributed by atoms with Crippen LogP contribution in [0.2, 0.25) is 5.02 Å². The van der Waals surface area contributed by atoms with Gasteiger partial charge in [-0.2, -0.15) is 4.68 Å². The minimum Gasteiger partial charge on any atom is -0.342 e. The van der Waals surface area contributed by atoms with E-state index in [1.54, 1.807) is 16.8 Å². The molecule has 3 rings (SSSR count). The summed E-state index contributed by atoms with van der Waals surface area (Å²) in [6.45, 7) is 3.62. The molecular weight excluding hydrogens is 346 g/mol. The largest absolute Gasteiger partial charge is 0.342 e. The molecule has 0 bridgehead atoms. The first-order valence-corrected chi connectivity index (χ1v) is 9.40. The number of likely N-dealkylation sites (tertiary alicyclic amines) is 1. The Morgan fingerprint density at radius 1 is 1.17 bits per heavy atom. The van der Waals surface area contributed by atoms with Crippen LogP contribution in [0.25, 0.3) is 5.69 Å². The van der Waals surface area contributed by atoms with Crippen molar-refractivity contribution in [1.82, 2.24) is 25.1 Å². The predicted molar refractivity (Wildman–Crippen MR) is 94.5 cm³/mol. The first kappa shape index (κ1) is 17.2. The van der Waals surface area contributed by atoms with Gasteiger partial charge in [0.2, 0.25) is 11.1 Å². The zero-order chi connectivity index (χ0) is 16.9. The number of halogens is 1. The lowest BCUT2D eigenvalue weighted by Crippen LogP contribution is -2.37. The average molecular weight is 366 g/mol. The molecule has 2 heterocycles. The lowest BCUT2D eigenvalue weighted by atomic mass is 10.2. The van der Waals surface area contributed by atoms with Gasteiger partial charge >= 0.3 is 0 Å². The zero-order valence-corrected chi connectivity index (χ0v) is 15.1. The van der Waals surface area contributed by atoms with Crippen molar-refractivity contribution in [1.29, 1.82) is 0 Å². The molecule has 1 aromatic heterocycles. The fourth-order valence-electron chi connectivity index (χ4n) is 2.75. The normalized spacial score (nSPS) is 16.7. The monoisotopic (exact) mass is 365 g/mol. The second-order valence-electron chi connectivity index (χ2n) is 5.85. The molecule has 1 aliphatic rings. The summed E-state index contributed by atoms with van der Waals surface area (Å²) in [6.07, 6.45) is 4.59. The van der Waals surface area contributed by atoms with Crippen LogP contribution in [0.4, 0.5) is 0 Å². The van der Waals surface area contributed by atoms with Crippen LogP contribution in [0, 0.1) is 0 Å². The van der Waals surface area contributed by atoms with Gasteiger partial charge in [0.15, 0.2) is 0 Å². The van der Waals surface area contributed by atoms with Crippen LogP contribution in [0.1, 0.15) is 32.6 Å². The van der Waals surface area contributed by atoms with E-state index in [0.29, 0.717) is 10.2 Å². The maximum atomic E-state index is 12.7. The maximum Gasteiger partial charge on any atom is 0.235 e. The van der Waals surface area contributed by atoms with Crippen LogP contribution >= 0.6 is 23.4 Å². The van der Waals surface area contributed by atoms with E-state index in [-0.39, 0.29) is 11.2 Å². The van der Waals surface area contributed by atoms with Crippen molar-refractivity contribution in [3.8, 4) is 5.69 Å². The van der Waals surface area contributed by atoms with Gasteiger partial charge in [-0.25, -0.2) is 0 Å². The average Bonchev–Trinajstić information content (AvgIpc) is 2.87. The zero-order valence-electron chi connectivity index (χ0n) is 13.6. The van der Waals surface area contributed by atoms with Gasteiger partial charge in [0, 0.05) is 18.1 Å². The number of hydrogen-bond donors (Lipinski definition) is 0. The van der Waals surface area contributed by atoms with Crippen LogP contribution in [0.5, 0.6) is 0 Å². The molecule has 128 valence electrons. The smallest absolute Gasteiger partial charge is 0.235 e. The Bertz CT molecular complexity index is 682. The summed E-state index contributed by atoms with van der Waals surface area (Å²) in [5, 5.41) is 12.9. The number of benzene rings is 1. The molecular formula is C16H20ClN5OS. The van der Waals surface area contributed by atoms with Crippen LogP contribution < -0.4 is 0 Å². The van der Waals surface area contributed by atoms with Crippen molar-refractivity contribution < 1.29 is 4.79 Å². The van der Waals surface area contributed by atoms with Gasteiger partial charge < -0.3 is 4.90 Å². The number of carbonyl (C=O) groups is 1. The van der Waals surface area contributed by atoms with Gasteiger partial charge in [-0.05, 0) is 54.5 Å². The highest BCUT2D eigenvalue weighted by Crippen LogP contribution is 2.25. The van der Waals surface area contributed by atoms with Gasteiger partial charge in [-0.3, -0.25) is 4.79 Å². The van der Waals surface area contributed by atoms with E-state index in [2.05, 4.69) is 15.5 Å². The summed E-state index contributed by atoms with van der Waals surface area (Å²) in [5.41, 5.74) is 0.821. The molecule has 0 N–H and O–H groups in total. The standard InChI is InChI=1S/C16H20ClN5OS/c1-12(15(23)21-10-4-2-3-5-11-21)24-16-18-19-20-22(16)14-8-6-13(17)7-9-14/h6-9,12H,2-5,10-11H2,1H3/t12-/m0/s1. The Labute approximate surface area is 150 Å². The topological polar surface area (TPSA) is 63.9 Å². The van der Waals surface area contributed by atoms with Crippen molar-refractivity contribution in [3.63, 3.8) is 0 Å². The summed E-state index contributed by atoms with van der Waals surface area (Å²) in [6, 6.07) is 7.28. The third kappa shape index (κ3) is 4.08. The molecule has 1 fully saturated rings. The molecule has 0 saturated carbocycles. The number of hydrogen-bond acceptors (Lipinski definition) is 5. The number of aromatic nitrogens is 4. The number of thioether (sulfide) groups is 1. The fourth-order valence-corrected chi connectivity index (χ4v) is 3.77. The van der Waals surface area contributed by atoms with Gasteiger partial charge in [-0.15, -0.1) is 5.10 Å². The molecule has 1 atom stereocenters. The van der Waals surface area contributed by atoms with Crippen molar-refractivity contribution in [2.75, 3.05) is 13.1 Å². The molecule has 8 heteroatoms. The molecule has 1 amide bonds. The van der Waals surface area contributed by atoms with E-state index < -0.39 is 0 Å². The Balaban J connectivity index is 1.70. The summed E-state index contributed by atoms with van der Waals surface area (Å²) in [7, 11) is 0. The Kier molecular flexibility index (Phi) is 5.73. The molecule has 0 radical (unpaired) electrons. The van der Waals surface area contributed by atoms with Gasteiger partial charge in [-0.1, -0.05) is 36.2 Å². The number of carbonyl (C=O) groups excluding carboxylic acids is 1. The van der Waals surface area contributed by atoms with Crippen molar-refractivity contribution in [2.24, 2.45) is 0 Å². The molecule has 1 saturated heterocycles. The molecule has 0 unspecified atom stereocenters. The van der Waals surface area contributed by atoms with E-state index in [1.165, 1.54) is 24.6 Å². The Morgan fingerprint density at radius 3 is 2.50 bits per heavy atom. The molecule has 0 aliphatic carbocycles. The molecule has 1 aliphatic heterocycles. The number of tetrazole rings is 1. The van der Waals surface area contributed by atoms with Crippen LogP contribution in [-0.4, -0.2) is 49.4 Å². The number of rotatable bonds is 4. The number of amides is 1. The van der Waals surface area contributed by atoms with Crippen molar-refractivity contribution in [3.05, 3.63) is 29.3 Å². The number of nitrogens with zero attached hydrogens (tertiary/aromatic N) is 5. The van der Waals surface area contributed by atoms with Crippen molar-refractivity contribution >= 4 is 29.3 Å². The second-order valence-corrected chi connectivity index (χ2v) is 7.59. The summed E-state index contributed by atoms with van der Waals surface area (Å²) in [4.78, 5) is 14.7. The van der Waals surface area contributed by atoms with Gasteiger partial charge in [0.1, 0.15) is 0 Å². The summed E-state index contributed by atoms with van der Waals surface area (Å²) in [5.74, 6) is 0.160. The highest BCUT2D eigenvalue weighted by atomic mass is 35.5. The fraction of sp³-hybridized carbons (Fsp3) is 0.500. The van der Waals surface area contributed by atoms with Gasteiger partial charge in [0.05, 0.1) is 10.9 Å². The summed E-state index contributed by atoms with van der Waals surface area (Å²) >= 11 is 7.31. The Hall–Kier alpha value is -1.60. The second kappa shape index (κ2) is 7.98. The Morgan fingerprint density at radius 2 is 1.83 bits per heavy atom. The SMILES string of the molecule is C[C@H](Sc1nnnn1-c1ccc(Cl)cc1)C(=O)N1CCCCCC1. The van der Waals surface area contributed by atoms with E-state index >= 15 is 0 Å². The molecule has 2 aromatic rings. The summed E-state index contributed by atoms with van der Waals surface area (Å²) < 4.78 is 1.63. The van der Waals surface area contributed by atoms with E-state index in [0.717, 1.165) is 31.6 Å². The van der Waals surface area contributed by atoms with E-state index in [4.69, 9.17) is 11.6 Å². The lowest BCUT2D eigenvalue weighted by molar-refractivity contribution is -0.130. The first-order valence-electron chi connectivity index (χ1n) is 8.15. The highest BCUT2D eigenvalue weighted by molar-refractivity contribution is 8.00. The van der Waals surface area contributed by atoms with Gasteiger partial charge in [0.25, 0.3) is 0 Å².